The Morgan fingerprint density at radius 1 is 0.333 bits per heavy atom. The average Bonchev–Trinajstić information content (AvgIpc) is 3.74. The van der Waals surface area contributed by atoms with Gasteiger partial charge in [0.25, 0.3) is 0 Å². The van der Waals surface area contributed by atoms with E-state index in [0.717, 1.165) is 0 Å². The quantitative estimate of drug-likeness (QED) is 0.111. The first-order chi connectivity index (χ1) is 35.0. The molecule has 348 valence electrons. The lowest BCUT2D eigenvalue weighted by atomic mass is 9.60. The van der Waals surface area contributed by atoms with Gasteiger partial charge < -0.3 is 4.57 Å². The van der Waals surface area contributed by atoms with E-state index in [1.54, 1.807) is 0 Å². The highest BCUT2D eigenvalue weighted by Gasteiger charge is 2.50. The maximum atomic E-state index is 2.63. The van der Waals surface area contributed by atoms with Gasteiger partial charge in [0.1, 0.15) is 0 Å². The number of nitrogens with zero attached hydrogens (tertiary/aromatic N) is 1. The van der Waals surface area contributed by atoms with E-state index >= 15 is 0 Å². The molecule has 0 aliphatic heterocycles. The van der Waals surface area contributed by atoms with Crippen LogP contribution in [0.5, 0.6) is 0 Å². The van der Waals surface area contributed by atoms with Crippen molar-refractivity contribution in [3.8, 4) is 27.9 Å². The zero-order valence-corrected chi connectivity index (χ0v) is 43.1. The van der Waals surface area contributed by atoms with E-state index in [-0.39, 0.29) is 22.7 Å². The molecule has 0 saturated carbocycles. The van der Waals surface area contributed by atoms with Crippen molar-refractivity contribution < 1.29 is 0 Å². The highest BCUT2D eigenvalue weighted by Crippen LogP contribution is 2.57. The Kier molecular flexibility index (Phi) is 10.2. The molecular formula is C70H59NSi. The molecule has 2 bridgehead atoms. The molecule has 0 saturated heterocycles. The second-order valence-electron chi connectivity index (χ2n) is 22.4. The van der Waals surface area contributed by atoms with Crippen LogP contribution >= 0.6 is 0 Å². The number of fused-ring (bicyclic) bond motifs is 3. The normalized spacial score (nSPS) is 15.1. The van der Waals surface area contributed by atoms with Crippen LogP contribution in [0, 0.1) is 0 Å². The summed E-state index contributed by atoms with van der Waals surface area (Å²) in [5, 5.41) is 8.22. The van der Waals surface area contributed by atoms with Crippen molar-refractivity contribution >= 4 is 50.6 Å². The molecule has 2 unspecified atom stereocenters. The minimum Gasteiger partial charge on any atom is -0.309 e. The zero-order valence-electron chi connectivity index (χ0n) is 42.1. The van der Waals surface area contributed by atoms with Gasteiger partial charge in [0.15, 0.2) is 8.07 Å². The Hall–Kier alpha value is -7.78. The Labute approximate surface area is 426 Å². The van der Waals surface area contributed by atoms with Crippen molar-refractivity contribution in [2.45, 2.75) is 64.2 Å². The Morgan fingerprint density at radius 3 is 1.28 bits per heavy atom. The first-order valence-electron chi connectivity index (χ1n) is 25.8. The predicted octanol–water partition coefficient (Wildman–Crippen LogP) is 15.1. The molecule has 2 heteroatoms. The highest BCUT2D eigenvalue weighted by molar-refractivity contribution is 7.20. The van der Waals surface area contributed by atoms with Crippen molar-refractivity contribution in [3.05, 3.63) is 281 Å². The van der Waals surface area contributed by atoms with E-state index in [1.165, 1.54) is 115 Å². The molecule has 3 aliphatic carbocycles. The maximum absolute atomic E-state index is 3.21. The monoisotopic (exact) mass is 941 g/mol. The number of aromatic nitrogens is 1. The van der Waals surface area contributed by atoms with Gasteiger partial charge in [-0.3, -0.25) is 0 Å². The lowest BCUT2D eigenvalue weighted by Gasteiger charge is -2.47. The van der Waals surface area contributed by atoms with Gasteiger partial charge in [-0.1, -0.05) is 248 Å². The Bertz CT molecular complexity index is 3730. The molecule has 1 nitrogen and oxygen atoms in total. The third kappa shape index (κ3) is 6.80. The maximum Gasteiger partial charge on any atom is 0.179 e. The highest BCUT2D eigenvalue weighted by atomic mass is 28.3. The molecule has 10 aromatic carbocycles. The van der Waals surface area contributed by atoms with Crippen molar-refractivity contribution in [2.75, 3.05) is 0 Å². The molecule has 1 aromatic heterocycles. The van der Waals surface area contributed by atoms with Gasteiger partial charge >= 0.3 is 0 Å². The molecule has 0 N–H and O–H groups in total. The van der Waals surface area contributed by atoms with E-state index in [9.17, 15) is 0 Å². The van der Waals surface area contributed by atoms with Crippen molar-refractivity contribution in [1.29, 1.82) is 0 Å². The molecule has 0 radical (unpaired) electrons. The standard InChI is InChI=1S/C70H59NSi/c1-69(2,3)50-38-40-61-59(44-50)60-45-51(70(4,5)6)39-41-62(60)71(61)63-36-20-34-57-65-55-32-16-17-33-56(55)68(66(57)63)67-58(65)35-21-37-64(67)72(52-28-14-9-15-29-52,53-30-18-26-48(42-53)46-22-10-7-11-23-46)54-31-19-27-49(43-54)47-24-12-8-13-25-47/h7-45,65,68H,1-6H3. The summed E-state index contributed by atoms with van der Waals surface area (Å²) >= 11 is 0. The Balaban J connectivity index is 1.14. The molecule has 0 amide bonds. The fraction of sp³-hybridized carbons (Fsp3) is 0.143. The molecule has 14 rings (SSSR count). The van der Waals surface area contributed by atoms with Crippen LogP contribution in [0.3, 0.4) is 0 Å². The molecule has 11 aromatic rings. The molecule has 0 spiro atoms. The van der Waals surface area contributed by atoms with E-state index < -0.39 is 8.07 Å². The minimum absolute atomic E-state index is 0.00943. The van der Waals surface area contributed by atoms with Crippen LogP contribution in [0.2, 0.25) is 0 Å². The molecule has 0 fully saturated rings. The van der Waals surface area contributed by atoms with Crippen LogP contribution in [0.15, 0.2) is 237 Å². The van der Waals surface area contributed by atoms with Gasteiger partial charge in [0.05, 0.1) is 16.7 Å². The molecule has 1 heterocycles. The lowest BCUT2D eigenvalue weighted by molar-refractivity contribution is 0.590. The van der Waals surface area contributed by atoms with Gasteiger partial charge in [-0.05, 0) is 129 Å². The second-order valence-corrected chi connectivity index (χ2v) is 26.2. The summed E-state index contributed by atoms with van der Waals surface area (Å²) in [4.78, 5) is 0. The zero-order chi connectivity index (χ0) is 48.9. The second kappa shape index (κ2) is 16.7. The summed E-state index contributed by atoms with van der Waals surface area (Å²) < 4.78 is 2.63. The van der Waals surface area contributed by atoms with Gasteiger partial charge in [0.2, 0.25) is 0 Å². The minimum atomic E-state index is -3.21. The fourth-order valence-electron chi connectivity index (χ4n) is 12.8. The summed E-state index contributed by atoms with van der Waals surface area (Å²) in [6.45, 7) is 14.0. The molecular weight excluding hydrogens is 883 g/mol. The molecule has 2 atom stereocenters. The SMILES string of the molecule is CC(C)(C)c1ccc2c(c1)c1cc(C(C)(C)C)ccc1n2-c1cccc2c1C1c3ccccc3C2c2cccc([Si](c3ccccc3)(c3cccc(-c4ccccc4)c3)c3cccc(-c4ccccc4)c3)c21. The van der Waals surface area contributed by atoms with Crippen molar-refractivity contribution in [3.63, 3.8) is 0 Å². The fourth-order valence-corrected chi connectivity index (χ4v) is 17.9. The third-order valence-corrected chi connectivity index (χ3v) is 21.0. The largest absolute Gasteiger partial charge is 0.309 e. The first-order valence-corrected chi connectivity index (χ1v) is 27.8. The van der Waals surface area contributed by atoms with Crippen molar-refractivity contribution in [2.24, 2.45) is 0 Å². The van der Waals surface area contributed by atoms with Gasteiger partial charge in [-0.15, -0.1) is 0 Å². The summed E-state index contributed by atoms with van der Waals surface area (Å²) in [5.74, 6) is 0.0435. The van der Waals surface area contributed by atoms with Crippen LogP contribution in [0.25, 0.3) is 49.7 Å². The Morgan fingerprint density at radius 2 is 0.750 bits per heavy atom. The molecule has 72 heavy (non-hydrogen) atoms. The average molecular weight is 942 g/mol. The van der Waals surface area contributed by atoms with Crippen LogP contribution in [-0.4, -0.2) is 12.6 Å². The van der Waals surface area contributed by atoms with Gasteiger partial charge in [0, 0.05) is 22.6 Å². The van der Waals surface area contributed by atoms with Gasteiger partial charge in [-0.2, -0.15) is 0 Å². The van der Waals surface area contributed by atoms with Crippen LogP contribution in [0.4, 0.5) is 0 Å². The summed E-state index contributed by atoms with van der Waals surface area (Å²) in [5.41, 5.74) is 20.0. The number of hydrogen-bond donors (Lipinski definition) is 0. The number of benzene rings is 10. The van der Waals surface area contributed by atoms with E-state index in [1.807, 2.05) is 0 Å². The summed E-state index contributed by atoms with van der Waals surface area (Å²) in [6.07, 6.45) is 0. The van der Waals surface area contributed by atoms with E-state index in [4.69, 9.17) is 0 Å². The van der Waals surface area contributed by atoms with E-state index in [0.29, 0.717) is 0 Å². The van der Waals surface area contributed by atoms with Crippen LogP contribution < -0.4 is 20.7 Å². The lowest BCUT2D eigenvalue weighted by Crippen LogP contribution is -2.75. The van der Waals surface area contributed by atoms with Crippen LogP contribution in [-0.2, 0) is 10.8 Å². The van der Waals surface area contributed by atoms with Gasteiger partial charge in [-0.25, -0.2) is 0 Å². The van der Waals surface area contributed by atoms with Crippen LogP contribution in [0.1, 0.15) is 97.9 Å². The van der Waals surface area contributed by atoms with Crippen molar-refractivity contribution in [1.82, 2.24) is 4.57 Å². The predicted molar refractivity (Wildman–Crippen MR) is 307 cm³/mol. The topological polar surface area (TPSA) is 4.93 Å². The number of hydrogen-bond acceptors (Lipinski definition) is 0. The van der Waals surface area contributed by atoms with E-state index in [2.05, 4.69) is 283 Å². The first kappa shape index (κ1) is 44.2. The smallest absolute Gasteiger partial charge is 0.179 e. The molecule has 3 aliphatic rings. The third-order valence-electron chi connectivity index (χ3n) is 16.2. The summed E-state index contributed by atoms with van der Waals surface area (Å²) in [6, 6.07) is 91.2. The number of rotatable bonds is 7. The summed E-state index contributed by atoms with van der Waals surface area (Å²) in [7, 11) is -3.21.